The normalized spacial score (nSPS) is 12.1. The summed E-state index contributed by atoms with van der Waals surface area (Å²) in [5.74, 6) is 0. The minimum absolute atomic E-state index is 0.983. The van der Waals surface area contributed by atoms with Gasteiger partial charge in [-0.25, -0.2) is 9.97 Å². The molecule has 236 valence electrons. The molecule has 0 aliphatic heterocycles. The van der Waals surface area contributed by atoms with Crippen molar-refractivity contribution in [3.05, 3.63) is 176 Å². The molecule has 9 aromatic carbocycles. The molecule has 2 aromatic heterocycles. The van der Waals surface area contributed by atoms with Crippen molar-refractivity contribution in [2.45, 2.75) is 0 Å². The number of benzene rings is 9. The van der Waals surface area contributed by atoms with Gasteiger partial charge >= 0.3 is 0 Å². The molecule has 0 unspecified atom stereocenters. The van der Waals surface area contributed by atoms with E-state index in [-0.39, 0.29) is 0 Å². The van der Waals surface area contributed by atoms with Crippen LogP contribution in [0, 0.1) is 0 Å². The molecule has 3 heteroatoms. The van der Waals surface area contributed by atoms with Gasteiger partial charge in [-0.05, 0) is 94.2 Å². The fraction of sp³-hybridized carbons (Fsp3) is 0. The highest BCUT2D eigenvalue weighted by Crippen LogP contribution is 2.41. The van der Waals surface area contributed by atoms with Gasteiger partial charge in [0.25, 0.3) is 0 Å². The van der Waals surface area contributed by atoms with Crippen LogP contribution < -0.4 is 16.2 Å². The highest BCUT2D eigenvalue weighted by molar-refractivity contribution is 7.79. The molecule has 0 aliphatic rings. The third kappa shape index (κ3) is 4.40. The van der Waals surface area contributed by atoms with Crippen molar-refractivity contribution >= 4 is 88.7 Å². The highest BCUT2D eigenvalue weighted by Gasteiger charge is 2.22. The van der Waals surface area contributed by atoms with Gasteiger partial charge in [0.2, 0.25) is 0 Å². The Labute approximate surface area is 296 Å². The molecule has 51 heavy (non-hydrogen) atoms. The lowest BCUT2D eigenvalue weighted by Crippen LogP contribution is -2.25. The lowest BCUT2D eigenvalue weighted by atomic mass is 9.91. The molecule has 0 amide bonds. The van der Waals surface area contributed by atoms with Crippen LogP contribution in [0.25, 0.3) is 87.1 Å². The Morgan fingerprint density at radius 1 is 0.294 bits per heavy atom. The van der Waals surface area contributed by atoms with Gasteiger partial charge in [0.1, 0.15) is 0 Å². The SMILES string of the molecule is c1ccc(P(c2cccc(-c3ccc4ccc5cccc6ccc3c4c56)n2)c2cccc(-c3ccc4ccc5cccc6ccc3c4c56)n2)cc1. The van der Waals surface area contributed by atoms with Crippen LogP contribution in [0.1, 0.15) is 0 Å². The molecule has 2 heterocycles. The predicted molar refractivity (Wildman–Crippen MR) is 219 cm³/mol. The van der Waals surface area contributed by atoms with E-state index in [4.69, 9.17) is 9.97 Å². The standard InChI is InChI=1S/C48H29N2P/c1-2-12-36(13-3-1)51(43-16-6-14-41(49-43)37-26-22-34-20-18-30-8-4-10-32-24-28-39(37)47(34)45(30)32)44-17-7-15-42(50-44)38-27-23-35-21-19-31-9-5-11-33-25-29-40(38)48(35)46(31)33/h1-29H. The van der Waals surface area contributed by atoms with Gasteiger partial charge in [-0.3, -0.25) is 0 Å². The average Bonchev–Trinajstić information content (AvgIpc) is 3.20. The van der Waals surface area contributed by atoms with Crippen molar-refractivity contribution in [3.63, 3.8) is 0 Å². The first kappa shape index (κ1) is 28.6. The molecule has 11 rings (SSSR count). The minimum Gasteiger partial charge on any atom is -0.247 e. The molecule has 0 spiro atoms. The second kappa shape index (κ2) is 11.2. The first-order valence-corrected chi connectivity index (χ1v) is 18.8. The van der Waals surface area contributed by atoms with E-state index in [2.05, 4.69) is 176 Å². The minimum atomic E-state index is -1.05. The predicted octanol–water partition coefficient (Wildman–Crippen LogP) is 11.4. The lowest BCUT2D eigenvalue weighted by molar-refractivity contribution is 1.37. The van der Waals surface area contributed by atoms with Crippen molar-refractivity contribution in [2.24, 2.45) is 0 Å². The number of pyridine rings is 2. The number of nitrogens with zero attached hydrogens (tertiary/aromatic N) is 2. The summed E-state index contributed by atoms with van der Waals surface area (Å²) in [7, 11) is -1.05. The molecule has 2 nitrogen and oxygen atoms in total. The van der Waals surface area contributed by atoms with E-state index < -0.39 is 7.92 Å². The molecule has 0 bridgehead atoms. The quantitative estimate of drug-likeness (QED) is 0.135. The van der Waals surface area contributed by atoms with Gasteiger partial charge in [-0.2, -0.15) is 0 Å². The smallest absolute Gasteiger partial charge is 0.0744 e. The second-order valence-electron chi connectivity index (χ2n) is 13.4. The topological polar surface area (TPSA) is 25.8 Å². The van der Waals surface area contributed by atoms with Crippen LogP contribution in [0.5, 0.6) is 0 Å². The Hall–Kier alpha value is -6.21. The number of aromatic nitrogens is 2. The fourth-order valence-electron chi connectivity index (χ4n) is 8.27. The summed E-state index contributed by atoms with van der Waals surface area (Å²) in [5.41, 5.74) is 6.36. The van der Waals surface area contributed by atoms with E-state index in [0.717, 1.165) is 33.4 Å². The summed E-state index contributed by atoms with van der Waals surface area (Å²) >= 11 is 0. The van der Waals surface area contributed by atoms with Gasteiger partial charge in [-0.15, -0.1) is 0 Å². The highest BCUT2D eigenvalue weighted by atomic mass is 31.1. The van der Waals surface area contributed by atoms with Crippen LogP contribution >= 0.6 is 7.92 Å². The molecule has 0 saturated carbocycles. The van der Waals surface area contributed by atoms with Crippen molar-refractivity contribution < 1.29 is 0 Å². The van der Waals surface area contributed by atoms with Gasteiger partial charge in [0.15, 0.2) is 0 Å². The molecule has 0 atom stereocenters. The Kier molecular flexibility index (Phi) is 6.26. The van der Waals surface area contributed by atoms with E-state index >= 15 is 0 Å². The van der Waals surface area contributed by atoms with Crippen molar-refractivity contribution in [2.75, 3.05) is 0 Å². The van der Waals surface area contributed by atoms with Gasteiger partial charge in [0.05, 0.1) is 22.3 Å². The maximum atomic E-state index is 5.47. The maximum Gasteiger partial charge on any atom is 0.0744 e. The average molecular weight is 665 g/mol. The number of hydrogen-bond donors (Lipinski definition) is 0. The molecule has 0 N–H and O–H groups in total. The fourth-order valence-corrected chi connectivity index (χ4v) is 10.4. The maximum absolute atomic E-state index is 5.47. The zero-order valence-corrected chi connectivity index (χ0v) is 28.5. The lowest BCUT2D eigenvalue weighted by Gasteiger charge is -2.20. The first-order valence-electron chi connectivity index (χ1n) is 17.4. The molecular formula is C48H29N2P. The largest absolute Gasteiger partial charge is 0.247 e. The Morgan fingerprint density at radius 2 is 0.686 bits per heavy atom. The van der Waals surface area contributed by atoms with Crippen LogP contribution in [0.2, 0.25) is 0 Å². The Morgan fingerprint density at radius 3 is 1.16 bits per heavy atom. The van der Waals surface area contributed by atoms with Crippen LogP contribution in [0.3, 0.4) is 0 Å². The molecule has 0 radical (unpaired) electrons. The van der Waals surface area contributed by atoms with Crippen LogP contribution in [-0.2, 0) is 0 Å². The first-order chi connectivity index (χ1) is 25.3. The molecule has 0 fully saturated rings. The van der Waals surface area contributed by atoms with Crippen molar-refractivity contribution in [1.82, 2.24) is 9.97 Å². The summed E-state index contributed by atoms with van der Waals surface area (Å²) in [5, 5.41) is 16.6. The van der Waals surface area contributed by atoms with Gasteiger partial charge in [0, 0.05) is 19.0 Å². The molecular weight excluding hydrogens is 636 g/mol. The second-order valence-corrected chi connectivity index (χ2v) is 15.5. The monoisotopic (exact) mass is 664 g/mol. The third-order valence-electron chi connectivity index (χ3n) is 10.6. The molecule has 11 aromatic rings. The summed E-state index contributed by atoms with van der Waals surface area (Å²) < 4.78 is 0. The van der Waals surface area contributed by atoms with E-state index in [1.807, 2.05) is 0 Å². The van der Waals surface area contributed by atoms with Crippen molar-refractivity contribution in [1.29, 1.82) is 0 Å². The van der Waals surface area contributed by atoms with Crippen LogP contribution in [0.15, 0.2) is 176 Å². The van der Waals surface area contributed by atoms with E-state index in [9.17, 15) is 0 Å². The Balaban J connectivity index is 1.08. The zero-order chi connectivity index (χ0) is 33.5. The van der Waals surface area contributed by atoms with E-state index in [0.29, 0.717) is 0 Å². The third-order valence-corrected chi connectivity index (χ3v) is 12.8. The summed E-state index contributed by atoms with van der Waals surface area (Å²) in [6.07, 6.45) is 0. The molecule has 0 aliphatic carbocycles. The van der Waals surface area contributed by atoms with E-state index in [1.54, 1.807) is 0 Å². The van der Waals surface area contributed by atoms with Gasteiger partial charge < -0.3 is 0 Å². The van der Waals surface area contributed by atoms with Crippen LogP contribution in [0.4, 0.5) is 0 Å². The summed E-state index contributed by atoms with van der Waals surface area (Å²) in [6, 6.07) is 63.9. The van der Waals surface area contributed by atoms with E-state index in [1.165, 1.54) is 69.9 Å². The summed E-state index contributed by atoms with van der Waals surface area (Å²) in [4.78, 5) is 10.9. The number of rotatable bonds is 5. The number of hydrogen-bond acceptors (Lipinski definition) is 2. The summed E-state index contributed by atoms with van der Waals surface area (Å²) in [6.45, 7) is 0. The van der Waals surface area contributed by atoms with Crippen molar-refractivity contribution in [3.8, 4) is 22.5 Å². The Bertz CT molecular complexity index is 2870. The molecule has 0 saturated heterocycles. The van der Waals surface area contributed by atoms with Crippen LogP contribution in [-0.4, -0.2) is 9.97 Å². The zero-order valence-electron chi connectivity index (χ0n) is 27.6. The van der Waals surface area contributed by atoms with Gasteiger partial charge in [-0.1, -0.05) is 152 Å².